The number of benzene rings is 1. The lowest BCUT2D eigenvalue weighted by Gasteiger charge is -2.33. The van der Waals surface area contributed by atoms with Crippen molar-refractivity contribution in [3.63, 3.8) is 0 Å². The molecule has 5 heterocycles. The lowest BCUT2D eigenvalue weighted by Crippen LogP contribution is -2.45. The summed E-state index contributed by atoms with van der Waals surface area (Å²) in [7, 11) is 2.15. The van der Waals surface area contributed by atoms with Gasteiger partial charge in [-0.1, -0.05) is 12.1 Å². The average molecular weight is 449 g/mol. The Labute approximate surface area is 189 Å². The molecule has 164 valence electrons. The SMILES string of the molecule is CCn1c(-c2c(C)nc3n2nc2c4ccccc4nc(N4CCN(C)CC4)n23)n[nH]c1=S. The Hall–Kier alpha value is -3.31. The fourth-order valence-corrected chi connectivity index (χ4v) is 4.78. The second-order valence-corrected chi connectivity index (χ2v) is 8.62. The fraction of sp³-hybridized carbons (Fsp3) is 0.381. The van der Waals surface area contributed by atoms with Crippen molar-refractivity contribution in [2.75, 3.05) is 38.1 Å². The third-order valence-electron chi connectivity index (χ3n) is 6.26. The van der Waals surface area contributed by atoms with Gasteiger partial charge in [-0.2, -0.15) is 9.61 Å². The third-order valence-corrected chi connectivity index (χ3v) is 6.57. The van der Waals surface area contributed by atoms with Crippen LogP contribution in [0, 0.1) is 11.7 Å². The van der Waals surface area contributed by atoms with E-state index >= 15 is 0 Å². The number of para-hydroxylation sites is 1. The van der Waals surface area contributed by atoms with Gasteiger partial charge in [0.1, 0.15) is 5.69 Å². The standard InChI is InChI=1S/C21H24N10S/c1-4-29-18(24-25-21(29)32)16-13(2)22-20-30-17(26-31(16)20)14-7-5-6-8-15(14)23-19(30)28-11-9-27(3)10-12-28/h5-8H,4,9-12H2,1-3H3,(H,25,32). The van der Waals surface area contributed by atoms with E-state index in [0.29, 0.717) is 11.3 Å². The summed E-state index contributed by atoms with van der Waals surface area (Å²) in [5, 5.41) is 13.4. The van der Waals surface area contributed by atoms with Crippen LogP contribution in [-0.2, 0) is 6.54 Å². The minimum atomic E-state index is 0.589. The number of hydrogen-bond donors (Lipinski definition) is 1. The summed E-state index contributed by atoms with van der Waals surface area (Å²) < 4.78 is 6.52. The van der Waals surface area contributed by atoms with Crippen LogP contribution in [-0.4, -0.2) is 76.9 Å². The molecule has 0 radical (unpaired) electrons. The highest BCUT2D eigenvalue weighted by atomic mass is 32.1. The summed E-state index contributed by atoms with van der Waals surface area (Å²) in [5.41, 5.74) is 3.46. The topological polar surface area (TPSA) is 87.6 Å². The number of H-pyrrole nitrogens is 1. The largest absolute Gasteiger partial charge is 0.339 e. The molecule has 10 nitrogen and oxygen atoms in total. The molecule has 0 aliphatic carbocycles. The maximum absolute atomic E-state index is 5.42. The van der Waals surface area contributed by atoms with Gasteiger partial charge in [-0.15, -0.1) is 5.10 Å². The molecular weight excluding hydrogens is 424 g/mol. The zero-order valence-corrected chi connectivity index (χ0v) is 19.1. The van der Waals surface area contributed by atoms with Crippen LogP contribution in [0.25, 0.3) is 33.8 Å². The molecule has 0 bridgehead atoms. The molecule has 32 heavy (non-hydrogen) atoms. The Balaban J connectivity index is 1.69. The Kier molecular flexibility index (Phi) is 4.30. The van der Waals surface area contributed by atoms with E-state index in [4.69, 9.17) is 27.3 Å². The molecule has 0 spiro atoms. The summed E-state index contributed by atoms with van der Waals surface area (Å²) in [5.74, 6) is 2.35. The highest BCUT2D eigenvalue weighted by Gasteiger charge is 2.26. The van der Waals surface area contributed by atoms with Crippen molar-refractivity contribution in [2.45, 2.75) is 20.4 Å². The van der Waals surface area contributed by atoms with Crippen LogP contribution in [0.4, 0.5) is 5.95 Å². The second kappa shape index (κ2) is 7.10. The molecule has 1 saturated heterocycles. The first-order valence-electron chi connectivity index (χ1n) is 10.8. The average Bonchev–Trinajstić information content (AvgIpc) is 3.44. The summed E-state index contributed by atoms with van der Waals surface area (Å²) >= 11 is 5.42. The maximum Gasteiger partial charge on any atom is 0.240 e. The van der Waals surface area contributed by atoms with Crippen molar-refractivity contribution in [3.8, 4) is 11.5 Å². The molecule has 6 rings (SSSR count). The van der Waals surface area contributed by atoms with Crippen molar-refractivity contribution in [1.29, 1.82) is 0 Å². The van der Waals surface area contributed by atoms with Gasteiger partial charge in [0.15, 0.2) is 16.2 Å². The van der Waals surface area contributed by atoms with E-state index in [1.165, 1.54) is 0 Å². The lowest BCUT2D eigenvalue weighted by atomic mass is 10.2. The summed E-state index contributed by atoms with van der Waals surface area (Å²) in [6, 6.07) is 8.14. The number of aryl methyl sites for hydroxylation is 1. The summed E-state index contributed by atoms with van der Waals surface area (Å²) in [4.78, 5) is 14.6. The van der Waals surface area contributed by atoms with Gasteiger partial charge in [-0.3, -0.25) is 9.67 Å². The minimum absolute atomic E-state index is 0.589. The number of hydrogen-bond acceptors (Lipinski definition) is 7. The molecule has 5 aromatic rings. The van der Waals surface area contributed by atoms with Crippen LogP contribution in [0.5, 0.6) is 0 Å². The Morgan fingerprint density at radius 2 is 1.88 bits per heavy atom. The van der Waals surface area contributed by atoms with E-state index < -0.39 is 0 Å². The van der Waals surface area contributed by atoms with E-state index in [2.05, 4.69) is 44.4 Å². The van der Waals surface area contributed by atoms with Gasteiger partial charge in [0.05, 0.1) is 11.2 Å². The predicted octanol–water partition coefficient (Wildman–Crippen LogP) is 2.53. The first kappa shape index (κ1) is 19.4. The number of aromatic amines is 1. The van der Waals surface area contributed by atoms with Crippen LogP contribution >= 0.6 is 12.2 Å². The van der Waals surface area contributed by atoms with E-state index in [0.717, 1.165) is 71.7 Å². The van der Waals surface area contributed by atoms with Gasteiger partial charge in [0, 0.05) is 38.1 Å². The van der Waals surface area contributed by atoms with Crippen molar-refractivity contribution >= 4 is 40.5 Å². The molecule has 1 fully saturated rings. The molecule has 1 aliphatic heterocycles. The van der Waals surface area contributed by atoms with E-state index in [-0.39, 0.29) is 0 Å². The molecule has 0 atom stereocenters. The number of likely N-dealkylation sites (N-methyl/N-ethyl adjacent to an activating group) is 1. The zero-order valence-electron chi connectivity index (χ0n) is 18.3. The summed E-state index contributed by atoms with van der Waals surface area (Å²) in [6.07, 6.45) is 0. The van der Waals surface area contributed by atoms with Crippen LogP contribution in [0.1, 0.15) is 12.6 Å². The van der Waals surface area contributed by atoms with Crippen molar-refractivity contribution in [2.24, 2.45) is 0 Å². The fourth-order valence-electron chi connectivity index (χ4n) is 4.52. The molecule has 1 aliphatic rings. The maximum atomic E-state index is 5.42. The number of rotatable bonds is 3. The van der Waals surface area contributed by atoms with E-state index in [1.54, 1.807) is 0 Å². The molecule has 1 N–H and O–H groups in total. The van der Waals surface area contributed by atoms with Crippen LogP contribution in [0.15, 0.2) is 24.3 Å². The van der Waals surface area contributed by atoms with Gasteiger partial charge >= 0.3 is 0 Å². The van der Waals surface area contributed by atoms with E-state index in [9.17, 15) is 0 Å². The number of fused-ring (bicyclic) bond motifs is 5. The highest BCUT2D eigenvalue weighted by molar-refractivity contribution is 7.71. The number of aromatic nitrogens is 8. The molecule has 0 unspecified atom stereocenters. The Bertz CT molecular complexity index is 1530. The smallest absolute Gasteiger partial charge is 0.240 e. The first-order valence-corrected chi connectivity index (χ1v) is 11.2. The highest BCUT2D eigenvalue weighted by Crippen LogP contribution is 2.30. The Morgan fingerprint density at radius 3 is 2.66 bits per heavy atom. The number of nitrogens with one attached hydrogen (secondary N) is 1. The van der Waals surface area contributed by atoms with Crippen LogP contribution in [0.2, 0.25) is 0 Å². The van der Waals surface area contributed by atoms with Gasteiger partial charge in [0.25, 0.3) is 0 Å². The second-order valence-electron chi connectivity index (χ2n) is 8.23. The number of nitrogens with zero attached hydrogens (tertiary/aromatic N) is 9. The van der Waals surface area contributed by atoms with Gasteiger partial charge < -0.3 is 9.80 Å². The quantitative estimate of drug-likeness (QED) is 0.424. The van der Waals surface area contributed by atoms with Gasteiger partial charge in [-0.05, 0) is 45.2 Å². The monoisotopic (exact) mass is 448 g/mol. The molecular formula is C21H24N10S. The molecule has 0 amide bonds. The lowest BCUT2D eigenvalue weighted by molar-refractivity contribution is 0.311. The number of anilines is 1. The minimum Gasteiger partial charge on any atom is -0.339 e. The van der Waals surface area contributed by atoms with Crippen LogP contribution in [0.3, 0.4) is 0 Å². The van der Waals surface area contributed by atoms with Crippen molar-refractivity contribution < 1.29 is 0 Å². The number of piperazine rings is 1. The third kappa shape index (κ3) is 2.71. The molecule has 0 saturated carbocycles. The summed E-state index contributed by atoms with van der Waals surface area (Å²) in [6.45, 7) is 8.54. The van der Waals surface area contributed by atoms with Crippen LogP contribution < -0.4 is 4.90 Å². The first-order chi connectivity index (χ1) is 15.6. The van der Waals surface area contributed by atoms with E-state index in [1.807, 2.05) is 34.2 Å². The number of imidazole rings is 1. The predicted molar refractivity (Wildman–Crippen MR) is 126 cm³/mol. The van der Waals surface area contributed by atoms with Crippen molar-refractivity contribution in [1.82, 2.24) is 43.6 Å². The molecule has 1 aromatic carbocycles. The normalized spacial score (nSPS) is 15.5. The molecule has 11 heteroatoms. The Morgan fingerprint density at radius 1 is 1.09 bits per heavy atom. The van der Waals surface area contributed by atoms with Gasteiger partial charge in [0.2, 0.25) is 11.7 Å². The van der Waals surface area contributed by atoms with Gasteiger partial charge in [-0.25, -0.2) is 14.4 Å². The zero-order chi connectivity index (χ0) is 22.0. The molecule has 4 aromatic heterocycles. The van der Waals surface area contributed by atoms with Crippen molar-refractivity contribution in [3.05, 3.63) is 34.7 Å².